The SMILES string of the molecule is N#Cc1ccc(OC2CCC(N3C(=O)CC[C@@H](N4Cc5cc(CN6[C@@H]7CC[C@@H]6CN(c6ccc(C(N)=O)nn6)C7)cc(F)c5C4=O)C3=O)CC2)cc1Cl. The van der Waals surface area contributed by atoms with Crippen molar-refractivity contribution in [2.24, 2.45) is 5.73 Å². The second-order valence-corrected chi connectivity index (χ2v) is 15.0. The molecule has 8 rings (SSSR count). The smallest absolute Gasteiger partial charge is 0.269 e. The lowest BCUT2D eigenvalue weighted by atomic mass is 9.89. The van der Waals surface area contributed by atoms with E-state index in [1.165, 1.54) is 15.9 Å². The number of carbonyl (C=O) groups is 4. The molecule has 2 aromatic carbocycles. The van der Waals surface area contributed by atoms with E-state index in [1.807, 2.05) is 12.1 Å². The van der Waals surface area contributed by atoms with E-state index in [2.05, 4.69) is 20.0 Å². The van der Waals surface area contributed by atoms with Crippen LogP contribution in [0.3, 0.4) is 0 Å². The molecule has 3 saturated heterocycles. The van der Waals surface area contributed by atoms with Crippen LogP contribution in [0.5, 0.6) is 5.75 Å². The van der Waals surface area contributed by atoms with Crippen LogP contribution in [0.4, 0.5) is 10.2 Å². The van der Waals surface area contributed by atoms with Crippen molar-refractivity contribution in [1.29, 1.82) is 5.26 Å². The molecule has 0 spiro atoms. The molecular formula is C38H38ClFN8O5. The summed E-state index contributed by atoms with van der Waals surface area (Å²) in [5, 5.41) is 17.6. The van der Waals surface area contributed by atoms with Gasteiger partial charge in [0.25, 0.3) is 17.7 Å². The standard InChI is InChI=1S/C38H38ClFN8O5/c39-29-15-28(6-1-22(29)16-41)53-27-7-4-24(5-8-27)48-34(49)12-10-32(37(48)51)47-18-23-13-21(14-30(40)35(23)38(47)52)17-46-25-2-3-26(46)20-45(19-25)33-11-9-31(36(42)50)43-44-33/h1,6,9,11,13-15,24-27,32H,2-5,7-8,10,12,17-20H2,(H2,42,50)/t24?,25-,26-,27?,32-/m1/s1. The van der Waals surface area contributed by atoms with Gasteiger partial charge in [0.2, 0.25) is 5.91 Å². The zero-order valence-corrected chi connectivity index (χ0v) is 29.7. The number of amides is 4. The van der Waals surface area contributed by atoms with Crippen LogP contribution < -0.4 is 15.4 Å². The molecule has 1 aromatic heterocycles. The van der Waals surface area contributed by atoms with E-state index in [1.54, 1.807) is 30.3 Å². The van der Waals surface area contributed by atoms with E-state index in [-0.39, 0.29) is 60.8 Å². The summed E-state index contributed by atoms with van der Waals surface area (Å²) in [7, 11) is 0. The van der Waals surface area contributed by atoms with Gasteiger partial charge in [0, 0.05) is 56.8 Å². The van der Waals surface area contributed by atoms with Crippen LogP contribution in [0.1, 0.15) is 88.9 Å². The van der Waals surface area contributed by atoms with Crippen LogP contribution in [0.15, 0.2) is 42.5 Å². The van der Waals surface area contributed by atoms with Gasteiger partial charge in [-0.3, -0.25) is 29.0 Å². The number of nitrogens with zero attached hydrogens (tertiary/aromatic N) is 7. The molecule has 5 heterocycles. The highest BCUT2D eigenvalue weighted by Crippen LogP contribution is 2.37. The fraction of sp³-hybridized carbons (Fsp3) is 0.447. The minimum atomic E-state index is -0.853. The second-order valence-electron chi connectivity index (χ2n) is 14.6. The van der Waals surface area contributed by atoms with E-state index < -0.39 is 29.6 Å². The summed E-state index contributed by atoms with van der Waals surface area (Å²) in [6, 6.07) is 12.8. The lowest BCUT2D eigenvalue weighted by molar-refractivity contribution is -0.156. The Morgan fingerprint density at radius 1 is 0.962 bits per heavy atom. The van der Waals surface area contributed by atoms with Crippen LogP contribution >= 0.6 is 11.6 Å². The molecule has 3 atom stereocenters. The van der Waals surface area contributed by atoms with Crippen molar-refractivity contribution in [2.75, 3.05) is 18.0 Å². The predicted octanol–water partition coefficient (Wildman–Crippen LogP) is 3.96. The highest BCUT2D eigenvalue weighted by Gasteiger charge is 2.47. The maximum absolute atomic E-state index is 15.8. The lowest BCUT2D eigenvalue weighted by Crippen LogP contribution is -2.58. The van der Waals surface area contributed by atoms with Crippen LogP contribution in [-0.4, -0.2) is 91.9 Å². The first-order valence-corrected chi connectivity index (χ1v) is 18.4. The molecule has 4 amide bonds. The number of aromatic nitrogens is 2. The number of benzene rings is 2. The number of carbonyl (C=O) groups excluding carboxylic acids is 4. The zero-order valence-electron chi connectivity index (χ0n) is 28.9. The summed E-state index contributed by atoms with van der Waals surface area (Å²) in [5.41, 5.74) is 7.10. The third-order valence-electron chi connectivity index (χ3n) is 11.4. The van der Waals surface area contributed by atoms with Gasteiger partial charge in [0.1, 0.15) is 23.7 Å². The fourth-order valence-electron chi connectivity index (χ4n) is 8.84. The summed E-state index contributed by atoms with van der Waals surface area (Å²) in [6.45, 7) is 2.04. The van der Waals surface area contributed by atoms with Crippen molar-refractivity contribution in [1.82, 2.24) is 24.9 Å². The minimum Gasteiger partial charge on any atom is -0.490 e. The fourth-order valence-corrected chi connectivity index (χ4v) is 9.05. The second kappa shape index (κ2) is 14.0. The number of piperidine rings is 1. The molecule has 5 aliphatic rings. The number of nitriles is 1. The zero-order chi connectivity index (χ0) is 37.0. The Bertz CT molecular complexity index is 2020. The number of imide groups is 1. The maximum atomic E-state index is 15.8. The normalized spacial score (nSPS) is 25.8. The van der Waals surface area contributed by atoms with Crippen molar-refractivity contribution in [3.8, 4) is 11.8 Å². The lowest BCUT2D eigenvalue weighted by Gasteiger charge is -2.41. The van der Waals surface area contributed by atoms with Crippen LogP contribution in [0.25, 0.3) is 0 Å². The van der Waals surface area contributed by atoms with E-state index in [4.69, 9.17) is 27.3 Å². The van der Waals surface area contributed by atoms with Gasteiger partial charge in [-0.05, 0) is 86.4 Å². The van der Waals surface area contributed by atoms with Gasteiger partial charge < -0.3 is 20.3 Å². The Labute approximate surface area is 310 Å². The first-order valence-electron chi connectivity index (χ1n) is 18.1. The molecule has 53 heavy (non-hydrogen) atoms. The summed E-state index contributed by atoms with van der Waals surface area (Å²) < 4.78 is 21.9. The Balaban J connectivity index is 0.906. The highest BCUT2D eigenvalue weighted by atomic mass is 35.5. The monoisotopic (exact) mass is 740 g/mol. The Hall–Kier alpha value is -5.13. The number of rotatable bonds is 8. The molecule has 1 aliphatic carbocycles. The van der Waals surface area contributed by atoms with E-state index in [0.29, 0.717) is 73.0 Å². The summed E-state index contributed by atoms with van der Waals surface area (Å²) in [4.78, 5) is 59.5. The van der Waals surface area contributed by atoms with Gasteiger partial charge in [-0.25, -0.2) is 4.39 Å². The Kier molecular flexibility index (Phi) is 9.24. The first kappa shape index (κ1) is 34.9. The molecule has 274 valence electrons. The summed E-state index contributed by atoms with van der Waals surface area (Å²) in [6.07, 6.45) is 4.47. The Morgan fingerprint density at radius 2 is 1.70 bits per heavy atom. The number of anilines is 1. The van der Waals surface area contributed by atoms with Gasteiger partial charge in [0.05, 0.1) is 22.3 Å². The van der Waals surface area contributed by atoms with Crippen LogP contribution in [-0.2, 0) is 22.7 Å². The molecule has 4 fully saturated rings. The largest absolute Gasteiger partial charge is 0.490 e. The number of hydrogen-bond donors (Lipinski definition) is 1. The number of nitrogens with two attached hydrogens (primary N) is 1. The highest BCUT2D eigenvalue weighted by molar-refractivity contribution is 6.31. The van der Waals surface area contributed by atoms with Gasteiger partial charge >= 0.3 is 0 Å². The maximum Gasteiger partial charge on any atom is 0.269 e. The molecule has 13 nitrogen and oxygen atoms in total. The molecule has 1 saturated carbocycles. The molecule has 0 unspecified atom stereocenters. The van der Waals surface area contributed by atoms with E-state index >= 15 is 4.39 Å². The third kappa shape index (κ3) is 6.57. The molecule has 3 aromatic rings. The predicted molar refractivity (Wildman–Crippen MR) is 189 cm³/mol. The number of hydrogen-bond acceptors (Lipinski definition) is 10. The topological polar surface area (TPSA) is 166 Å². The molecule has 15 heteroatoms. The number of primary amides is 1. The molecule has 2 N–H and O–H groups in total. The summed E-state index contributed by atoms with van der Waals surface area (Å²) in [5.74, 6) is -1.17. The Morgan fingerprint density at radius 3 is 2.36 bits per heavy atom. The quantitative estimate of drug-likeness (QED) is 0.334. The number of piperazine rings is 1. The molecule has 0 radical (unpaired) electrons. The average Bonchev–Trinajstić information content (AvgIpc) is 3.58. The van der Waals surface area contributed by atoms with Gasteiger partial charge in [-0.2, -0.15) is 5.26 Å². The van der Waals surface area contributed by atoms with Gasteiger partial charge in [-0.1, -0.05) is 17.7 Å². The van der Waals surface area contributed by atoms with Crippen molar-refractivity contribution in [2.45, 2.75) is 94.7 Å². The van der Waals surface area contributed by atoms with Crippen molar-refractivity contribution in [3.05, 3.63) is 81.3 Å². The average molecular weight is 741 g/mol. The third-order valence-corrected chi connectivity index (χ3v) is 11.8. The number of likely N-dealkylation sites (tertiary alicyclic amines) is 1. The molecule has 2 bridgehead atoms. The number of halogens is 2. The van der Waals surface area contributed by atoms with Crippen molar-refractivity contribution >= 4 is 41.0 Å². The van der Waals surface area contributed by atoms with E-state index in [0.717, 1.165) is 18.4 Å². The van der Waals surface area contributed by atoms with Gasteiger partial charge in [0.15, 0.2) is 11.5 Å². The summed E-state index contributed by atoms with van der Waals surface area (Å²) >= 11 is 6.16. The molecule has 4 aliphatic heterocycles. The first-order chi connectivity index (χ1) is 25.6. The van der Waals surface area contributed by atoms with Crippen LogP contribution in [0, 0.1) is 17.1 Å². The van der Waals surface area contributed by atoms with Crippen LogP contribution in [0.2, 0.25) is 5.02 Å². The minimum absolute atomic E-state index is 0.00339. The van der Waals surface area contributed by atoms with Crippen molar-refractivity contribution < 1.29 is 28.3 Å². The number of fused-ring (bicyclic) bond motifs is 3. The van der Waals surface area contributed by atoms with E-state index in [9.17, 15) is 19.2 Å². The van der Waals surface area contributed by atoms with Crippen molar-refractivity contribution in [3.63, 3.8) is 0 Å². The molecular weight excluding hydrogens is 703 g/mol. The number of ether oxygens (including phenoxy) is 1. The van der Waals surface area contributed by atoms with Gasteiger partial charge in [-0.15, -0.1) is 10.2 Å².